The molecule has 3 atom stereocenters. The van der Waals surface area contributed by atoms with Crippen molar-refractivity contribution in [2.75, 3.05) is 27.3 Å². The second-order valence-electron chi connectivity index (χ2n) is 8.41. The number of benzene rings is 1. The lowest BCUT2D eigenvalue weighted by molar-refractivity contribution is -0.137. The molecule has 0 saturated carbocycles. The highest BCUT2D eigenvalue weighted by Gasteiger charge is 2.42. The summed E-state index contributed by atoms with van der Waals surface area (Å²) in [5, 5.41) is 1.22. The molecule has 0 radical (unpaired) electrons. The van der Waals surface area contributed by atoms with Gasteiger partial charge in [0.2, 0.25) is 0 Å². The number of rotatable bonds is 4. The fourth-order valence-corrected chi connectivity index (χ4v) is 5.56. The van der Waals surface area contributed by atoms with Crippen molar-refractivity contribution in [1.82, 2.24) is 9.88 Å². The van der Waals surface area contributed by atoms with Gasteiger partial charge in [0, 0.05) is 35.3 Å². The summed E-state index contributed by atoms with van der Waals surface area (Å²) in [4.78, 5) is 18.8. The lowest BCUT2D eigenvalue weighted by Gasteiger charge is -2.46. The van der Waals surface area contributed by atoms with Crippen molar-refractivity contribution in [3.8, 4) is 5.75 Å². The molecule has 0 unspecified atom stereocenters. The van der Waals surface area contributed by atoms with E-state index >= 15 is 0 Å². The van der Waals surface area contributed by atoms with Crippen LogP contribution in [0.3, 0.4) is 0 Å². The van der Waals surface area contributed by atoms with Crippen LogP contribution in [0.4, 0.5) is 0 Å². The Morgan fingerprint density at radius 3 is 2.79 bits per heavy atom. The second-order valence-corrected chi connectivity index (χ2v) is 8.41. The maximum absolute atomic E-state index is 12.4. The zero-order valence-electron chi connectivity index (χ0n) is 18.2. The predicted molar refractivity (Wildman–Crippen MR) is 115 cm³/mol. The van der Waals surface area contributed by atoms with Gasteiger partial charge >= 0.3 is 5.97 Å². The fraction of sp³-hybridized carbons (Fsp3) is 0.542. The van der Waals surface area contributed by atoms with Gasteiger partial charge in [0.15, 0.2) is 0 Å². The van der Waals surface area contributed by atoms with Crippen molar-refractivity contribution in [2.24, 2.45) is 11.8 Å². The van der Waals surface area contributed by atoms with Crippen molar-refractivity contribution in [3.05, 3.63) is 40.6 Å². The van der Waals surface area contributed by atoms with Gasteiger partial charge in [0.05, 0.1) is 20.3 Å². The largest absolute Gasteiger partial charge is 0.496 e. The molecule has 0 amide bonds. The van der Waals surface area contributed by atoms with Crippen LogP contribution in [0.2, 0.25) is 0 Å². The van der Waals surface area contributed by atoms with Crippen LogP contribution in [-0.2, 0) is 16.0 Å². The molecule has 0 aliphatic carbocycles. The zero-order valence-corrected chi connectivity index (χ0v) is 18.2. The van der Waals surface area contributed by atoms with Gasteiger partial charge in [-0.1, -0.05) is 19.4 Å². The molecule has 3 heterocycles. The first-order valence-corrected chi connectivity index (χ1v) is 10.7. The topological polar surface area (TPSA) is 54.6 Å². The number of esters is 1. The Balaban J connectivity index is 1.78. The van der Waals surface area contributed by atoms with E-state index in [-0.39, 0.29) is 11.9 Å². The number of fused-ring (bicyclic) bond motifs is 5. The van der Waals surface area contributed by atoms with E-state index in [9.17, 15) is 4.79 Å². The molecule has 1 saturated heterocycles. The number of piperidine rings is 1. The molecule has 1 N–H and O–H groups in total. The highest BCUT2D eigenvalue weighted by atomic mass is 16.5. The van der Waals surface area contributed by atoms with Crippen LogP contribution in [0.15, 0.2) is 23.8 Å². The first-order valence-electron chi connectivity index (χ1n) is 10.7. The van der Waals surface area contributed by atoms with Crippen molar-refractivity contribution in [2.45, 2.75) is 46.1 Å². The fourth-order valence-electron chi connectivity index (χ4n) is 5.56. The van der Waals surface area contributed by atoms with Crippen molar-refractivity contribution in [1.29, 1.82) is 0 Å². The molecule has 1 fully saturated rings. The van der Waals surface area contributed by atoms with Crippen molar-refractivity contribution >= 4 is 16.9 Å². The summed E-state index contributed by atoms with van der Waals surface area (Å²) in [6.07, 6.45) is 4.99. The van der Waals surface area contributed by atoms with E-state index in [0.29, 0.717) is 12.0 Å². The number of hydrogen-bond donors (Lipinski definition) is 1. The Morgan fingerprint density at radius 1 is 1.34 bits per heavy atom. The third kappa shape index (κ3) is 3.25. The molecular formula is C24H32N2O3. The quantitative estimate of drug-likeness (QED) is 0.608. The molecular weight excluding hydrogens is 364 g/mol. The van der Waals surface area contributed by atoms with Gasteiger partial charge < -0.3 is 14.5 Å². The standard InChI is InChI=1S/C24H32N2O3/c1-6-15-13-26-9-8-17-22-19(10-14(3)11-21(22)28-4)25-23(17)20(26)12-18(15)16(7-2)24(27)29-5/h7,10-11,15,18,20,25H,6,8-9,12-13H2,1-5H3/b16-7+/t15-,18+,20+/m1/s1. The molecule has 5 heteroatoms. The van der Waals surface area contributed by atoms with E-state index in [1.807, 2.05) is 13.0 Å². The number of aryl methyl sites for hydroxylation is 1. The molecule has 2 aliphatic rings. The van der Waals surface area contributed by atoms with E-state index in [1.54, 1.807) is 7.11 Å². The first kappa shape index (κ1) is 20.0. The molecule has 2 aromatic rings. The number of nitrogens with one attached hydrogen (secondary N) is 1. The monoisotopic (exact) mass is 396 g/mol. The maximum Gasteiger partial charge on any atom is 0.333 e. The summed E-state index contributed by atoms with van der Waals surface area (Å²) in [5.74, 6) is 1.46. The van der Waals surface area contributed by atoms with Crippen LogP contribution in [-0.4, -0.2) is 43.2 Å². The van der Waals surface area contributed by atoms with Gasteiger partial charge in [-0.25, -0.2) is 4.79 Å². The van der Waals surface area contributed by atoms with Crippen LogP contribution < -0.4 is 4.74 Å². The van der Waals surface area contributed by atoms with Crippen LogP contribution in [0, 0.1) is 18.8 Å². The molecule has 1 aromatic heterocycles. The number of carbonyl (C=O) groups is 1. The van der Waals surface area contributed by atoms with E-state index in [0.717, 1.165) is 49.2 Å². The Bertz CT molecular complexity index is 959. The maximum atomic E-state index is 12.4. The summed E-state index contributed by atoms with van der Waals surface area (Å²) in [5.41, 5.74) is 5.86. The Kier molecular flexibility index (Phi) is 5.43. The van der Waals surface area contributed by atoms with Gasteiger partial charge in [0.1, 0.15) is 5.75 Å². The van der Waals surface area contributed by atoms with Gasteiger partial charge in [-0.2, -0.15) is 0 Å². The number of methoxy groups -OCH3 is 2. The Morgan fingerprint density at radius 2 is 2.14 bits per heavy atom. The number of allylic oxidation sites excluding steroid dienone is 1. The SMILES string of the molecule is C/C=C(/C(=O)OC)[C@H]1C[C@H]2c3[nH]c4cc(C)cc(OC)c4c3CCN2C[C@H]1CC. The minimum atomic E-state index is -0.186. The normalized spacial score (nSPS) is 24.9. The number of hydrogen-bond acceptors (Lipinski definition) is 4. The van der Waals surface area contributed by atoms with Crippen molar-refractivity contribution < 1.29 is 14.3 Å². The van der Waals surface area contributed by atoms with Crippen LogP contribution in [0.1, 0.15) is 49.6 Å². The number of aromatic nitrogens is 1. The third-order valence-corrected chi connectivity index (χ3v) is 6.96. The summed E-state index contributed by atoms with van der Waals surface area (Å²) in [7, 11) is 3.23. The first-order chi connectivity index (χ1) is 14.0. The summed E-state index contributed by atoms with van der Waals surface area (Å²) in [6, 6.07) is 4.62. The highest BCUT2D eigenvalue weighted by molar-refractivity contribution is 5.92. The van der Waals surface area contributed by atoms with E-state index in [1.165, 1.54) is 29.3 Å². The Hall–Kier alpha value is -2.27. The number of ether oxygens (including phenoxy) is 2. The highest BCUT2D eigenvalue weighted by Crippen LogP contribution is 2.47. The van der Waals surface area contributed by atoms with Gasteiger partial charge in [-0.15, -0.1) is 0 Å². The molecule has 1 aromatic carbocycles. The summed E-state index contributed by atoms with van der Waals surface area (Å²) >= 11 is 0. The lowest BCUT2D eigenvalue weighted by Crippen LogP contribution is -2.46. The van der Waals surface area contributed by atoms with Crippen LogP contribution >= 0.6 is 0 Å². The average Bonchev–Trinajstić information content (AvgIpc) is 3.11. The molecule has 0 spiro atoms. The van der Waals surface area contributed by atoms with Crippen molar-refractivity contribution in [3.63, 3.8) is 0 Å². The molecule has 5 nitrogen and oxygen atoms in total. The average molecular weight is 397 g/mol. The third-order valence-electron chi connectivity index (χ3n) is 6.96. The van der Waals surface area contributed by atoms with E-state index < -0.39 is 0 Å². The van der Waals surface area contributed by atoms with E-state index in [4.69, 9.17) is 9.47 Å². The predicted octanol–water partition coefficient (Wildman–Crippen LogP) is 4.55. The van der Waals surface area contributed by atoms with Crippen LogP contribution in [0.5, 0.6) is 5.75 Å². The van der Waals surface area contributed by atoms with Gasteiger partial charge in [-0.05, 0) is 61.8 Å². The smallest absolute Gasteiger partial charge is 0.333 e. The molecule has 29 heavy (non-hydrogen) atoms. The molecule has 156 valence electrons. The van der Waals surface area contributed by atoms with E-state index in [2.05, 4.69) is 35.9 Å². The van der Waals surface area contributed by atoms with Gasteiger partial charge in [-0.3, -0.25) is 4.90 Å². The zero-order chi connectivity index (χ0) is 20.7. The molecule has 2 aliphatic heterocycles. The number of carbonyl (C=O) groups excluding carboxylic acids is 1. The van der Waals surface area contributed by atoms with Gasteiger partial charge in [0.25, 0.3) is 0 Å². The minimum absolute atomic E-state index is 0.186. The summed E-state index contributed by atoms with van der Waals surface area (Å²) < 4.78 is 10.8. The lowest BCUT2D eigenvalue weighted by atomic mass is 9.73. The number of aromatic amines is 1. The van der Waals surface area contributed by atoms with Crippen LogP contribution in [0.25, 0.3) is 10.9 Å². The molecule has 4 rings (SSSR count). The summed E-state index contributed by atoms with van der Waals surface area (Å²) in [6.45, 7) is 8.35. The minimum Gasteiger partial charge on any atom is -0.496 e. The Labute approximate surface area is 173 Å². The molecule has 0 bridgehead atoms. The second kappa shape index (κ2) is 7.86. The number of nitrogens with zero attached hydrogens (tertiary/aromatic N) is 1. The number of H-pyrrole nitrogens is 1.